The van der Waals surface area contributed by atoms with E-state index in [0.717, 1.165) is 12.1 Å². The van der Waals surface area contributed by atoms with E-state index in [1.807, 2.05) is 56.3 Å². The van der Waals surface area contributed by atoms with Gasteiger partial charge in [0.25, 0.3) is 0 Å². The van der Waals surface area contributed by atoms with Crippen LogP contribution >= 0.6 is 0 Å². The maximum absolute atomic E-state index is 13.9. The molecule has 3 unspecified atom stereocenters. The molecule has 0 saturated carbocycles. The van der Waals surface area contributed by atoms with Gasteiger partial charge in [0.15, 0.2) is 20.9 Å². The first-order valence-corrected chi connectivity index (χ1v) is 31.8. The Morgan fingerprint density at radius 2 is 1.48 bits per heavy atom. The second-order valence-electron chi connectivity index (χ2n) is 20.4. The number of esters is 2. The molecule has 2 aromatic rings. The van der Waals surface area contributed by atoms with Gasteiger partial charge in [-0.3, -0.25) is 0 Å². The van der Waals surface area contributed by atoms with Crippen molar-refractivity contribution in [2.75, 3.05) is 27.1 Å². The van der Waals surface area contributed by atoms with Crippen LogP contribution in [0, 0.1) is 5.92 Å². The highest BCUT2D eigenvalue weighted by molar-refractivity contribution is 6.76. The molecule has 0 N–H and O–H groups in total. The van der Waals surface area contributed by atoms with Gasteiger partial charge < -0.3 is 37.6 Å². The van der Waals surface area contributed by atoms with E-state index in [1.54, 1.807) is 18.2 Å². The highest BCUT2D eigenvalue weighted by Crippen LogP contribution is 2.39. The van der Waals surface area contributed by atoms with Gasteiger partial charge in [-0.05, 0) is 93.2 Å². The quantitative estimate of drug-likeness (QED) is 0.0491. The Morgan fingerprint density at radius 3 is 2.08 bits per heavy atom. The van der Waals surface area contributed by atoms with Crippen LogP contribution in [-0.2, 0) is 28.1 Å². The molecule has 1 aliphatic rings. The van der Waals surface area contributed by atoms with Crippen molar-refractivity contribution in [1.82, 2.24) is 0 Å². The van der Waals surface area contributed by atoms with Crippen LogP contribution in [0.3, 0.4) is 0 Å². The number of ether oxygens (including phenoxy) is 7. The number of benzene rings is 2. The molecule has 0 amide bonds. The van der Waals surface area contributed by atoms with Crippen molar-refractivity contribution < 1.29 is 47.2 Å². The molecular weight excluding hydrogens is 809 g/mol. The summed E-state index contributed by atoms with van der Waals surface area (Å²) in [5.41, 5.74) is 1.31. The molecule has 336 valence electrons. The fourth-order valence-corrected chi connectivity index (χ4v) is 9.03. The van der Waals surface area contributed by atoms with Gasteiger partial charge in [-0.2, -0.15) is 0 Å². The third kappa shape index (κ3) is 16.7. The van der Waals surface area contributed by atoms with Gasteiger partial charge >= 0.3 is 11.9 Å². The Hall–Kier alpha value is -3.05. The Bertz CT molecular complexity index is 1740. The lowest BCUT2D eigenvalue weighted by Gasteiger charge is -2.39. The van der Waals surface area contributed by atoms with Gasteiger partial charge in [-0.1, -0.05) is 103 Å². The molecule has 0 radical (unpaired) electrons. The first-order chi connectivity index (χ1) is 27.7. The van der Waals surface area contributed by atoms with Crippen molar-refractivity contribution in [3.05, 3.63) is 77.4 Å². The second-order valence-corrected chi connectivity index (χ2v) is 36.4. The molecule has 3 rings (SSSR count). The number of methoxy groups -OCH3 is 1. The molecule has 0 bridgehead atoms. The molecule has 1 saturated heterocycles. The summed E-state index contributed by atoms with van der Waals surface area (Å²) in [6.45, 7) is 33.6. The van der Waals surface area contributed by atoms with Gasteiger partial charge in [0.2, 0.25) is 0 Å². The van der Waals surface area contributed by atoms with E-state index in [1.165, 1.54) is 7.11 Å². The van der Waals surface area contributed by atoms with Crippen LogP contribution < -0.4 is 9.47 Å². The minimum atomic E-state index is -2.03. The van der Waals surface area contributed by atoms with Crippen molar-refractivity contribution in [2.24, 2.45) is 5.92 Å². The zero-order valence-corrected chi connectivity index (χ0v) is 42.6. The van der Waals surface area contributed by atoms with Crippen molar-refractivity contribution in [2.45, 2.75) is 155 Å². The van der Waals surface area contributed by atoms with E-state index in [0.29, 0.717) is 42.3 Å². The average Bonchev–Trinajstić information content (AvgIpc) is 3.44. The Balaban J connectivity index is 2.02. The van der Waals surface area contributed by atoms with E-state index in [9.17, 15) is 9.59 Å². The van der Waals surface area contributed by atoms with Crippen LogP contribution in [-0.4, -0.2) is 93.7 Å². The molecule has 5 atom stereocenters. The first-order valence-electron chi connectivity index (χ1n) is 21.5. The van der Waals surface area contributed by atoms with Gasteiger partial charge in [-0.15, -0.1) is 0 Å². The van der Waals surface area contributed by atoms with Crippen LogP contribution in [0.1, 0.15) is 81.2 Å². The summed E-state index contributed by atoms with van der Waals surface area (Å²) in [6.07, 6.45) is 6.15. The van der Waals surface area contributed by atoms with Crippen molar-refractivity contribution in [3.63, 3.8) is 0 Å². The zero-order valence-electron chi connectivity index (χ0n) is 39.6. The maximum atomic E-state index is 13.9. The predicted octanol–water partition coefficient (Wildman–Crippen LogP) is 11.6. The molecule has 1 heterocycles. The largest absolute Gasteiger partial charge is 0.494 e. The highest BCUT2D eigenvalue weighted by atomic mass is 28.4. The number of hydrogen-bond donors (Lipinski definition) is 0. The fraction of sp³-hybridized carbons (Fsp3) is 0.617. The van der Waals surface area contributed by atoms with Gasteiger partial charge in [0.1, 0.15) is 29.3 Å². The van der Waals surface area contributed by atoms with Gasteiger partial charge in [0.05, 0.1) is 24.9 Å². The summed E-state index contributed by atoms with van der Waals surface area (Å²) in [7, 11) is -3.34. The van der Waals surface area contributed by atoms with Crippen LogP contribution in [0.5, 0.6) is 11.5 Å². The summed E-state index contributed by atoms with van der Waals surface area (Å²) in [5.74, 6) is -0.988. The standard InChI is InChI=1S/C47H76O10Si3/c1-34(35(2)57-60(15,16)46(3,4)5)25-26-39(54-44(48)36-21-18-17-19-22-36)43-40(55-47(6,7)56-43)24-20-23-37-31-38(51-27-29-58(9,10)11)32-41(53-33-50-8)42(37)45(49)52-28-30-59(12,13)14/h17-23,25-26,31-32,34-35,39-40,43H,24,27-30,33H2,1-16H3/t34-,35-,39?,40?,43?/m1/s1. The van der Waals surface area contributed by atoms with E-state index in [4.69, 9.17) is 37.6 Å². The molecular formula is C47H76O10Si3. The third-order valence-corrected chi connectivity index (χ3v) is 18.9. The Labute approximate surface area is 364 Å². The van der Waals surface area contributed by atoms with Crippen LogP contribution in [0.2, 0.25) is 69.5 Å². The Kier molecular flexibility index (Phi) is 18.7. The van der Waals surface area contributed by atoms with Crippen molar-refractivity contribution in [1.29, 1.82) is 0 Å². The highest BCUT2D eigenvalue weighted by Gasteiger charge is 2.46. The SMILES string of the molecule is COCOc1cc(OCC[Si](C)(C)C)cc(C=CCC2OC(C)(C)OC2C(C=C[C@@H](C)[C@@H](C)O[Si](C)(C)C(C)(C)C)OC(=O)c2ccccc2)c1C(=O)OCC[Si](C)(C)C. The predicted molar refractivity (Wildman–Crippen MR) is 250 cm³/mol. The molecule has 1 fully saturated rings. The molecule has 60 heavy (non-hydrogen) atoms. The minimum Gasteiger partial charge on any atom is -0.494 e. The molecule has 13 heteroatoms. The number of carbonyl (C=O) groups excluding carboxylic acids is 2. The lowest BCUT2D eigenvalue weighted by atomic mass is 9.99. The third-order valence-electron chi connectivity index (χ3n) is 10.9. The monoisotopic (exact) mass is 884 g/mol. The zero-order chi connectivity index (χ0) is 45.1. The molecule has 0 spiro atoms. The van der Waals surface area contributed by atoms with E-state index >= 15 is 0 Å². The van der Waals surface area contributed by atoms with E-state index < -0.39 is 60.5 Å². The molecule has 0 aromatic heterocycles. The number of rotatable bonds is 22. The fourth-order valence-electron chi connectivity index (χ4n) is 6.10. The molecule has 0 aliphatic carbocycles. The lowest BCUT2D eigenvalue weighted by Crippen LogP contribution is -2.44. The summed E-state index contributed by atoms with van der Waals surface area (Å²) in [5, 5.41) is 0.0645. The maximum Gasteiger partial charge on any atom is 0.342 e. The molecule has 10 nitrogen and oxygen atoms in total. The topological polar surface area (TPSA) is 108 Å². The van der Waals surface area contributed by atoms with E-state index in [-0.39, 0.29) is 29.4 Å². The molecule has 2 aromatic carbocycles. The van der Waals surface area contributed by atoms with E-state index in [2.05, 4.69) is 93.1 Å². The second kappa shape index (κ2) is 21.8. The summed E-state index contributed by atoms with van der Waals surface area (Å²) >= 11 is 0. The lowest BCUT2D eigenvalue weighted by molar-refractivity contribution is -0.152. The first kappa shape index (κ1) is 51.3. The van der Waals surface area contributed by atoms with Gasteiger partial charge in [-0.25, -0.2) is 9.59 Å². The molecule has 1 aliphatic heterocycles. The van der Waals surface area contributed by atoms with Crippen molar-refractivity contribution in [3.8, 4) is 11.5 Å². The number of carbonyl (C=O) groups is 2. The smallest absolute Gasteiger partial charge is 0.342 e. The summed E-state index contributed by atoms with van der Waals surface area (Å²) < 4.78 is 49.4. The van der Waals surface area contributed by atoms with Crippen LogP contribution in [0.25, 0.3) is 6.08 Å². The minimum absolute atomic E-state index is 0.0180. The van der Waals surface area contributed by atoms with Crippen LogP contribution in [0.15, 0.2) is 60.7 Å². The average molecular weight is 885 g/mol. The normalized spacial score (nSPS) is 19.0. The Morgan fingerprint density at radius 1 is 0.850 bits per heavy atom. The number of hydrogen-bond acceptors (Lipinski definition) is 10. The summed E-state index contributed by atoms with van der Waals surface area (Å²) in [4.78, 5) is 27.5. The van der Waals surface area contributed by atoms with Gasteiger partial charge in [0, 0.05) is 35.4 Å². The van der Waals surface area contributed by atoms with Crippen molar-refractivity contribution >= 4 is 42.5 Å². The summed E-state index contributed by atoms with van der Waals surface area (Å²) in [6, 6.07) is 14.3. The van der Waals surface area contributed by atoms with Crippen LogP contribution in [0.4, 0.5) is 0 Å².